The van der Waals surface area contributed by atoms with E-state index in [-0.39, 0.29) is 31.9 Å². The molecule has 156 valence electrons. The highest BCUT2D eigenvalue weighted by atomic mass is 79.9. The number of carbonyl (C=O) groups excluding carboxylic acids is 2. The third-order valence-corrected chi connectivity index (χ3v) is 4.69. The highest BCUT2D eigenvalue weighted by molar-refractivity contribution is 9.10. The van der Waals surface area contributed by atoms with Crippen LogP contribution in [0.1, 0.15) is 28.8 Å². The minimum atomic E-state index is -0.941. The van der Waals surface area contributed by atoms with Crippen LogP contribution in [0.25, 0.3) is 6.08 Å². The van der Waals surface area contributed by atoms with Crippen molar-refractivity contribution >= 4 is 39.8 Å². The maximum atomic E-state index is 12.6. The van der Waals surface area contributed by atoms with E-state index in [9.17, 15) is 14.4 Å². The van der Waals surface area contributed by atoms with Crippen LogP contribution in [0.3, 0.4) is 0 Å². The summed E-state index contributed by atoms with van der Waals surface area (Å²) in [6.07, 6.45) is 1.73. The molecule has 1 heterocycles. The molecule has 30 heavy (non-hydrogen) atoms. The van der Waals surface area contributed by atoms with Crippen LogP contribution in [0, 0.1) is 0 Å². The minimum absolute atomic E-state index is 0.0251. The van der Waals surface area contributed by atoms with Gasteiger partial charge in [-0.2, -0.15) is 0 Å². The molecule has 0 fully saturated rings. The number of hydrogen-bond donors (Lipinski definition) is 3. The van der Waals surface area contributed by atoms with Crippen molar-refractivity contribution in [2.45, 2.75) is 12.8 Å². The quantitative estimate of drug-likeness (QED) is 0.400. The van der Waals surface area contributed by atoms with Crippen molar-refractivity contribution in [3.63, 3.8) is 0 Å². The molecule has 1 aliphatic heterocycles. The van der Waals surface area contributed by atoms with Crippen LogP contribution in [-0.2, 0) is 9.59 Å². The second-order valence-corrected chi connectivity index (χ2v) is 7.30. The van der Waals surface area contributed by atoms with E-state index in [1.807, 2.05) is 0 Å². The number of carboxylic acids is 1. The van der Waals surface area contributed by atoms with E-state index >= 15 is 0 Å². The van der Waals surface area contributed by atoms with Gasteiger partial charge in [0.15, 0.2) is 11.5 Å². The van der Waals surface area contributed by atoms with Gasteiger partial charge in [0, 0.05) is 23.0 Å². The Kier molecular flexibility index (Phi) is 7.08. The topological polar surface area (TPSA) is 114 Å². The van der Waals surface area contributed by atoms with Gasteiger partial charge in [0.25, 0.3) is 11.8 Å². The number of rotatable bonds is 8. The van der Waals surface area contributed by atoms with Gasteiger partial charge in [-0.15, -0.1) is 0 Å². The summed E-state index contributed by atoms with van der Waals surface area (Å²) in [5.41, 5.74) is 1.04. The molecule has 0 saturated carbocycles. The molecule has 0 saturated heterocycles. The zero-order chi connectivity index (χ0) is 21.5. The van der Waals surface area contributed by atoms with Crippen LogP contribution in [0.15, 0.2) is 52.6 Å². The van der Waals surface area contributed by atoms with Gasteiger partial charge >= 0.3 is 5.97 Å². The van der Waals surface area contributed by atoms with Crippen molar-refractivity contribution in [2.75, 3.05) is 13.3 Å². The van der Waals surface area contributed by atoms with Gasteiger partial charge in [-0.25, -0.2) is 0 Å². The fourth-order valence-corrected chi connectivity index (χ4v) is 2.92. The third kappa shape index (κ3) is 5.84. The zero-order valence-electron chi connectivity index (χ0n) is 15.8. The lowest BCUT2D eigenvalue weighted by Gasteiger charge is -2.11. The Labute approximate surface area is 181 Å². The fourth-order valence-electron chi connectivity index (χ4n) is 2.66. The van der Waals surface area contributed by atoms with Crippen molar-refractivity contribution in [1.82, 2.24) is 10.6 Å². The van der Waals surface area contributed by atoms with Gasteiger partial charge in [-0.3, -0.25) is 14.4 Å². The van der Waals surface area contributed by atoms with E-state index in [1.54, 1.807) is 42.5 Å². The van der Waals surface area contributed by atoms with Crippen LogP contribution < -0.4 is 20.1 Å². The number of fused-ring (bicyclic) bond motifs is 1. The minimum Gasteiger partial charge on any atom is -0.481 e. The Bertz CT molecular complexity index is 987. The van der Waals surface area contributed by atoms with Gasteiger partial charge in [0.05, 0.1) is 0 Å². The van der Waals surface area contributed by atoms with Crippen molar-refractivity contribution in [1.29, 1.82) is 0 Å². The van der Waals surface area contributed by atoms with Crippen molar-refractivity contribution < 1.29 is 29.0 Å². The fraction of sp³-hybridized carbons (Fsp3) is 0.190. The number of amides is 2. The Morgan fingerprint density at radius 2 is 1.80 bits per heavy atom. The first-order valence-corrected chi connectivity index (χ1v) is 9.90. The molecule has 2 amide bonds. The van der Waals surface area contributed by atoms with Crippen molar-refractivity contribution in [3.05, 3.63) is 63.8 Å². The smallest absolute Gasteiger partial charge is 0.303 e. The monoisotopic (exact) mass is 474 g/mol. The normalized spacial score (nSPS) is 12.4. The summed E-state index contributed by atoms with van der Waals surface area (Å²) in [5, 5.41) is 14.0. The molecule has 0 aromatic heterocycles. The average molecular weight is 475 g/mol. The van der Waals surface area contributed by atoms with Gasteiger partial charge in [0.2, 0.25) is 6.79 Å². The van der Waals surface area contributed by atoms with E-state index in [0.717, 1.165) is 4.47 Å². The molecule has 9 heteroatoms. The Morgan fingerprint density at radius 1 is 1.07 bits per heavy atom. The summed E-state index contributed by atoms with van der Waals surface area (Å²) < 4.78 is 11.4. The first-order chi connectivity index (χ1) is 14.4. The molecule has 0 bridgehead atoms. The molecule has 1 aliphatic rings. The number of hydrogen-bond acceptors (Lipinski definition) is 5. The Morgan fingerprint density at radius 3 is 2.53 bits per heavy atom. The zero-order valence-corrected chi connectivity index (χ0v) is 17.4. The lowest BCUT2D eigenvalue weighted by molar-refractivity contribution is -0.137. The second-order valence-electron chi connectivity index (χ2n) is 6.38. The molecule has 0 spiro atoms. The van der Waals surface area contributed by atoms with Gasteiger partial charge in [-0.05, 0) is 54.5 Å². The predicted molar refractivity (Wildman–Crippen MR) is 112 cm³/mol. The number of nitrogens with one attached hydrogen (secondary N) is 2. The molecular weight excluding hydrogens is 456 g/mol. The number of halogens is 1. The summed E-state index contributed by atoms with van der Waals surface area (Å²) in [4.78, 5) is 35.9. The molecular formula is C21H19BrN2O6. The number of carbonyl (C=O) groups is 3. The number of carboxylic acid groups (broad SMARTS) is 1. The van der Waals surface area contributed by atoms with Crippen LogP contribution in [0.4, 0.5) is 0 Å². The third-order valence-electron chi connectivity index (χ3n) is 4.16. The maximum absolute atomic E-state index is 12.6. The lowest BCUT2D eigenvalue weighted by atomic mass is 10.1. The standard InChI is InChI=1S/C21H19BrN2O6/c22-15-6-4-14(5-7-15)20(27)24-16(21(28)23-9-1-2-19(25)26)10-13-3-8-17-18(11-13)30-12-29-17/h3-8,10-11H,1-2,9,12H2,(H,23,28)(H,24,27)(H,25,26)/b16-10-. The second kappa shape index (κ2) is 9.93. The van der Waals surface area contributed by atoms with Crippen LogP contribution >= 0.6 is 15.9 Å². The summed E-state index contributed by atoms with van der Waals surface area (Å²) in [6, 6.07) is 11.9. The molecule has 8 nitrogen and oxygen atoms in total. The largest absolute Gasteiger partial charge is 0.481 e. The van der Waals surface area contributed by atoms with Crippen LogP contribution in [-0.4, -0.2) is 36.2 Å². The molecule has 0 radical (unpaired) electrons. The van der Waals surface area contributed by atoms with Gasteiger partial charge < -0.3 is 25.2 Å². The summed E-state index contributed by atoms with van der Waals surface area (Å²) in [5.74, 6) is -0.766. The first kappa shape index (κ1) is 21.4. The highest BCUT2D eigenvalue weighted by Gasteiger charge is 2.17. The maximum Gasteiger partial charge on any atom is 0.303 e. The van der Waals surface area contributed by atoms with Crippen LogP contribution in [0.2, 0.25) is 0 Å². The van der Waals surface area contributed by atoms with Crippen molar-refractivity contribution in [2.24, 2.45) is 0 Å². The molecule has 3 N–H and O–H groups in total. The predicted octanol–water partition coefficient (Wildman–Crippen LogP) is 2.93. The van der Waals surface area contributed by atoms with Gasteiger partial charge in [-0.1, -0.05) is 22.0 Å². The molecule has 2 aromatic rings. The Balaban J connectivity index is 1.78. The first-order valence-electron chi connectivity index (χ1n) is 9.10. The molecule has 3 rings (SSSR count). The lowest BCUT2D eigenvalue weighted by Crippen LogP contribution is -2.35. The molecule has 2 aromatic carbocycles. The molecule has 0 atom stereocenters. The van der Waals surface area contributed by atoms with Gasteiger partial charge in [0.1, 0.15) is 5.70 Å². The number of ether oxygens (including phenoxy) is 2. The van der Waals surface area contributed by atoms with E-state index in [4.69, 9.17) is 14.6 Å². The highest BCUT2D eigenvalue weighted by Crippen LogP contribution is 2.33. The van der Waals surface area contributed by atoms with E-state index in [2.05, 4.69) is 26.6 Å². The number of benzene rings is 2. The average Bonchev–Trinajstić information content (AvgIpc) is 3.18. The summed E-state index contributed by atoms with van der Waals surface area (Å²) in [6.45, 7) is 0.289. The van der Waals surface area contributed by atoms with E-state index in [0.29, 0.717) is 22.6 Å². The van der Waals surface area contributed by atoms with E-state index < -0.39 is 17.8 Å². The number of aliphatic carboxylic acids is 1. The van der Waals surface area contributed by atoms with Crippen molar-refractivity contribution in [3.8, 4) is 11.5 Å². The van der Waals surface area contributed by atoms with E-state index in [1.165, 1.54) is 6.08 Å². The summed E-state index contributed by atoms with van der Waals surface area (Å²) >= 11 is 3.31. The SMILES string of the molecule is O=C(O)CCCNC(=O)/C(=C/c1ccc2c(c1)OCO2)NC(=O)c1ccc(Br)cc1. The molecule has 0 aliphatic carbocycles. The Hall–Kier alpha value is -3.33. The molecule has 0 unspecified atom stereocenters. The summed E-state index contributed by atoms with van der Waals surface area (Å²) in [7, 11) is 0. The van der Waals surface area contributed by atoms with Crippen LogP contribution in [0.5, 0.6) is 11.5 Å².